The number of aromatic nitrogens is 1. The van der Waals surface area contributed by atoms with E-state index in [1.165, 1.54) is 24.3 Å². The van der Waals surface area contributed by atoms with Crippen molar-refractivity contribution in [2.24, 2.45) is 0 Å². The van der Waals surface area contributed by atoms with Crippen molar-refractivity contribution in [1.82, 2.24) is 9.88 Å². The molecule has 0 spiro atoms. The summed E-state index contributed by atoms with van der Waals surface area (Å²) in [6.45, 7) is 2.12. The van der Waals surface area contributed by atoms with Gasteiger partial charge in [0.25, 0.3) is 5.91 Å². The van der Waals surface area contributed by atoms with Gasteiger partial charge in [-0.2, -0.15) is 0 Å². The maximum atomic E-state index is 13.5. The molecule has 0 aliphatic heterocycles. The van der Waals surface area contributed by atoms with Crippen LogP contribution in [0.2, 0.25) is 5.02 Å². The zero-order valence-electron chi connectivity index (χ0n) is 16.7. The van der Waals surface area contributed by atoms with E-state index in [0.29, 0.717) is 16.3 Å². The molecule has 31 heavy (non-hydrogen) atoms. The number of amides is 1. The largest absolute Gasteiger partial charge is 0.348 e. The van der Waals surface area contributed by atoms with E-state index in [1.54, 1.807) is 36.4 Å². The summed E-state index contributed by atoms with van der Waals surface area (Å²) in [5, 5.41) is 3.49. The van der Waals surface area contributed by atoms with Crippen LogP contribution in [0, 0.1) is 18.6 Å². The van der Waals surface area contributed by atoms with Gasteiger partial charge >= 0.3 is 0 Å². The quantitative estimate of drug-likeness (QED) is 0.390. The number of carbonyl (C=O) groups excluding carboxylic acids is 1. The first-order chi connectivity index (χ1) is 14.9. The van der Waals surface area contributed by atoms with Crippen LogP contribution in [0.1, 0.15) is 21.6 Å². The topological polar surface area (TPSA) is 34.0 Å². The van der Waals surface area contributed by atoms with Crippen molar-refractivity contribution in [2.45, 2.75) is 13.5 Å². The summed E-state index contributed by atoms with van der Waals surface area (Å²) in [5.74, 6) is -0.910. The molecular weight excluding hydrogens is 418 g/mol. The van der Waals surface area contributed by atoms with E-state index in [-0.39, 0.29) is 24.1 Å². The molecule has 1 heterocycles. The molecule has 0 aliphatic carbocycles. The number of halogens is 3. The maximum absolute atomic E-state index is 13.5. The Morgan fingerprint density at radius 3 is 2.10 bits per heavy atom. The molecular formula is C25H19ClF2N2O. The van der Waals surface area contributed by atoms with Gasteiger partial charge in [-0.05, 0) is 72.6 Å². The van der Waals surface area contributed by atoms with Crippen LogP contribution in [0.5, 0.6) is 0 Å². The van der Waals surface area contributed by atoms with E-state index >= 15 is 0 Å². The van der Waals surface area contributed by atoms with Crippen molar-refractivity contribution < 1.29 is 13.6 Å². The Morgan fingerprint density at radius 1 is 0.903 bits per heavy atom. The van der Waals surface area contributed by atoms with Crippen molar-refractivity contribution in [3.8, 4) is 16.9 Å². The lowest BCUT2D eigenvalue weighted by molar-refractivity contribution is 0.0950. The van der Waals surface area contributed by atoms with Gasteiger partial charge in [-0.1, -0.05) is 35.9 Å². The highest BCUT2D eigenvalue weighted by Crippen LogP contribution is 2.30. The number of hydrogen-bond acceptors (Lipinski definition) is 1. The van der Waals surface area contributed by atoms with Crippen LogP contribution >= 0.6 is 11.6 Å². The molecule has 1 aromatic heterocycles. The zero-order valence-corrected chi connectivity index (χ0v) is 17.5. The molecule has 0 aliphatic rings. The average molecular weight is 437 g/mol. The molecule has 6 heteroatoms. The van der Waals surface area contributed by atoms with Gasteiger partial charge in [0, 0.05) is 22.9 Å². The first kappa shape index (κ1) is 20.8. The van der Waals surface area contributed by atoms with Crippen LogP contribution in [0.25, 0.3) is 16.9 Å². The predicted molar refractivity (Wildman–Crippen MR) is 118 cm³/mol. The molecule has 156 valence electrons. The van der Waals surface area contributed by atoms with Crippen LogP contribution in [0.3, 0.4) is 0 Å². The fraction of sp³-hybridized carbons (Fsp3) is 0.0800. The lowest BCUT2D eigenvalue weighted by Gasteiger charge is -2.12. The third-order valence-corrected chi connectivity index (χ3v) is 5.33. The smallest absolute Gasteiger partial charge is 0.253 e. The molecule has 0 fully saturated rings. The van der Waals surface area contributed by atoms with Gasteiger partial charge < -0.3 is 9.88 Å². The molecule has 0 saturated heterocycles. The molecule has 3 nitrogen and oxygen atoms in total. The predicted octanol–water partition coefficient (Wildman–Crippen LogP) is 6.31. The van der Waals surface area contributed by atoms with Crippen molar-refractivity contribution in [3.05, 3.63) is 112 Å². The summed E-state index contributed by atoms with van der Waals surface area (Å²) in [6.07, 6.45) is 0. The molecule has 0 atom stereocenters. The Morgan fingerprint density at radius 2 is 1.48 bits per heavy atom. The maximum Gasteiger partial charge on any atom is 0.253 e. The fourth-order valence-corrected chi connectivity index (χ4v) is 3.60. The SMILES string of the molecule is Cc1c(C(=O)NCc2ccc(F)cc2)cc(-c2ccc(Cl)cc2)n1-c1ccc(F)cc1. The van der Waals surface area contributed by atoms with E-state index in [4.69, 9.17) is 11.6 Å². The van der Waals surface area contributed by atoms with Gasteiger partial charge in [-0.25, -0.2) is 8.78 Å². The van der Waals surface area contributed by atoms with Crippen LogP contribution < -0.4 is 5.32 Å². The van der Waals surface area contributed by atoms with Crippen molar-refractivity contribution in [3.63, 3.8) is 0 Å². The van der Waals surface area contributed by atoms with Gasteiger partial charge in [-0.3, -0.25) is 4.79 Å². The van der Waals surface area contributed by atoms with E-state index in [2.05, 4.69) is 5.32 Å². The second-order valence-corrected chi connectivity index (χ2v) is 7.59. The molecule has 0 bridgehead atoms. The number of benzene rings is 3. The molecule has 0 saturated carbocycles. The molecule has 0 radical (unpaired) electrons. The Hall–Kier alpha value is -3.44. The van der Waals surface area contributed by atoms with Gasteiger partial charge in [0.15, 0.2) is 0 Å². The van der Waals surface area contributed by atoms with Gasteiger partial charge in [0.2, 0.25) is 0 Å². The second kappa shape index (κ2) is 8.74. The summed E-state index contributed by atoms with van der Waals surface area (Å²) < 4.78 is 28.5. The molecule has 1 N–H and O–H groups in total. The Kier molecular flexibility index (Phi) is 5.87. The molecule has 3 aromatic carbocycles. The normalized spacial score (nSPS) is 10.8. The highest BCUT2D eigenvalue weighted by molar-refractivity contribution is 6.30. The van der Waals surface area contributed by atoms with E-state index in [9.17, 15) is 13.6 Å². The lowest BCUT2D eigenvalue weighted by atomic mass is 10.1. The summed E-state index contributed by atoms with van der Waals surface area (Å²) in [5.41, 5.74) is 4.40. The number of rotatable bonds is 5. The Labute approximate surface area is 183 Å². The lowest BCUT2D eigenvalue weighted by Crippen LogP contribution is -2.23. The summed E-state index contributed by atoms with van der Waals surface area (Å²) in [7, 11) is 0. The van der Waals surface area contributed by atoms with Crippen LogP contribution in [-0.2, 0) is 6.54 Å². The van der Waals surface area contributed by atoms with Crippen LogP contribution in [0.4, 0.5) is 8.78 Å². The summed E-state index contributed by atoms with van der Waals surface area (Å²) >= 11 is 6.03. The first-order valence-corrected chi connectivity index (χ1v) is 10.1. The number of nitrogens with one attached hydrogen (secondary N) is 1. The van der Waals surface area contributed by atoms with Crippen LogP contribution in [0.15, 0.2) is 78.9 Å². The summed E-state index contributed by atoms with van der Waals surface area (Å²) in [4.78, 5) is 13.0. The minimum absolute atomic E-state index is 0.252. The number of hydrogen-bond donors (Lipinski definition) is 1. The van der Waals surface area contributed by atoms with Crippen molar-refractivity contribution in [2.75, 3.05) is 0 Å². The monoisotopic (exact) mass is 436 g/mol. The number of carbonyl (C=O) groups is 1. The van der Waals surface area contributed by atoms with Crippen molar-refractivity contribution in [1.29, 1.82) is 0 Å². The molecule has 4 rings (SSSR count). The minimum Gasteiger partial charge on any atom is -0.348 e. The Bertz CT molecular complexity index is 1210. The molecule has 0 unspecified atom stereocenters. The van der Waals surface area contributed by atoms with E-state index in [1.807, 2.05) is 29.7 Å². The van der Waals surface area contributed by atoms with Crippen molar-refractivity contribution >= 4 is 17.5 Å². The third-order valence-electron chi connectivity index (χ3n) is 5.08. The van der Waals surface area contributed by atoms with Gasteiger partial charge in [0.05, 0.1) is 11.3 Å². The minimum atomic E-state index is -0.334. The molecule has 4 aromatic rings. The fourth-order valence-electron chi connectivity index (χ4n) is 3.47. The van der Waals surface area contributed by atoms with Crippen LogP contribution in [-0.4, -0.2) is 10.5 Å². The molecule has 1 amide bonds. The second-order valence-electron chi connectivity index (χ2n) is 7.16. The average Bonchev–Trinajstić information content (AvgIpc) is 3.11. The van der Waals surface area contributed by atoms with Gasteiger partial charge in [0.1, 0.15) is 11.6 Å². The highest BCUT2D eigenvalue weighted by atomic mass is 35.5. The highest BCUT2D eigenvalue weighted by Gasteiger charge is 2.19. The zero-order chi connectivity index (χ0) is 22.0. The number of nitrogens with zero attached hydrogens (tertiary/aromatic N) is 1. The Balaban J connectivity index is 1.71. The van der Waals surface area contributed by atoms with E-state index in [0.717, 1.165) is 22.5 Å². The standard InChI is InChI=1S/C25H19ClF2N2O/c1-16-23(25(31)29-15-17-2-8-20(27)9-3-17)14-24(18-4-6-19(26)7-5-18)30(16)22-12-10-21(28)11-13-22/h2-14H,15H2,1H3,(H,29,31). The van der Waals surface area contributed by atoms with E-state index < -0.39 is 0 Å². The summed E-state index contributed by atoms with van der Waals surface area (Å²) in [6, 6.07) is 21.2. The van der Waals surface area contributed by atoms with Gasteiger partial charge in [-0.15, -0.1) is 0 Å². The first-order valence-electron chi connectivity index (χ1n) is 9.69. The third kappa shape index (κ3) is 4.52.